The predicted molar refractivity (Wildman–Crippen MR) is 127 cm³/mol. The van der Waals surface area contributed by atoms with Gasteiger partial charge in [0.1, 0.15) is 23.7 Å². The van der Waals surface area contributed by atoms with E-state index in [1.54, 1.807) is 38.6 Å². The fraction of sp³-hybridized carbons (Fsp3) is 0.208. The minimum Gasteiger partial charge on any atom is -0.508 e. The van der Waals surface area contributed by atoms with Crippen molar-refractivity contribution < 1.29 is 19.0 Å². The molecule has 2 aromatic carbocycles. The van der Waals surface area contributed by atoms with Crippen LogP contribution in [0.15, 0.2) is 55.1 Å². The third kappa shape index (κ3) is 5.59. The second-order valence-corrected chi connectivity index (χ2v) is 7.29. The summed E-state index contributed by atoms with van der Waals surface area (Å²) >= 11 is 0. The number of nitrogens with one attached hydrogen (secondary N) is 1. The molecule has 0 atom stereocenters. The summed E-state index contributed by atoms with van der Waals surface area (Å²) in [5, 5.41) is 13.5. The number of fused-ring (bicyclic) bond motifs is 1. The summed E-state index contributed by atoms with van der Waals surface area (Å²) in [7, 11) is 1.56. The van der Waals surface area contributed by atoms with Crippen LogP contribution in [-0.4, -0.2) is 33.8 Å². The fourth-order valence-electron chi connectivity index (χ4n) is 3.33. The molecule has 0 aliphatic carbocycles. The lowest BCUT2D eigenvalue weighted by Crippen LogP contribution is -2.03. The number of aryl methyl sites for hydroxylation is 2. The van der Waals surface area contributed by atoms with E-state index in [9.17, 15) is 9.50 Å². The van der Waals surface area contributed by atoms with E-state index < -0.39 is 5.82 Å². The zero-order chi connectivity index (χ0) is 22.5. The van der Waals surface area contributed by atoms with Crippen molar-refractivity contribution in [3.05, 3.63) is 72.1 Å². The van der Waals surface area contributed by atoms with E-state index in [1.807, 2.05) is 12.1 Å². The first kappa shape index (κ1) is 24.0. The average Bonchev–Trinajstić information content (AvgIpc) is 2.80. The molecule has 2 aromatic heterocycles. The van der Waals surface area contributed by atoms with E-state index >= 15 is 0 Å². The van der Waals surface area contributed by atoms with Crippen molar-refractivity contribution in [1.82, 2.24) is 15.0 Å². The number of aromatic nitrogens is 3. The van der Waals surface area contributed by atoms with E-state index in [-0.39, 0.29) is 23.8 Å². The Morgan fingerprint density at radius 2 is 1.85 bits per heavy atom. The van der Waals surface area contributed by atoms with Crippen LogP contribution >= 0.6 is 12.4 Å². The van der Waals surface area contributed by atoms with Crippen LogP contribution in [0.25, 0.3) is 10.9 Å². The second-order valence-electron chi connectivity index (χ2n) is 7.29. The smallest absolute Gasteiger partial charge is 0.163 e. The molecular formula is C24H24ClFN4O3. The van der Waals surface area contributed by atoms with Crippen LogP contribution in [0.3, 0.4) is 0 Å². The van der Waals surface area contributed by atoms with Gasteiger partial charge in [0, 0.05) is 29.9 Å². The van der Waals surface area contributed by atoms with Gasteiger partial charge in [0.2, 0.25) is 0 Å². The van der Waals surface area contributed by atoms with Crippen LogP contribution in [0.5, 0.6) is 17.2 Å². The Kier molecular flexibility index (Phi) is 7.84. The molecule has 33 heavy (non-hydrogen) atoms. The maximum atomic E-state index is 14.4. The molecule has 0 aliphatic rings. The van der Waals surface area contributed by atoms with Crippen molar-refractivity contribution in [3.8, 4) is 17.2 Å². The van der Waals surface area contributed by atoms with Gasteiger partial charge in [-0.15, -0.1) is 12.4 Å². The van der Waals surface area contributed by atoms with Crippen LogP contribution in [0.1, 0.15) is 17.5 Å². The number of halogens is 2. The Labute approximate surface area is 197 Å². The molecule has 0 saturated heterocycles. The van der Waals surface area contributed by atoms with Crippen LogP contribution < -0.4 is 14.8 Å². The topological polar surface area (TPSA) is 89.4 Å². The highest BCUT2D eigenvalue weighted by atomic mass is 35.5. The zero-order valence-electron chi connectivity index (χ0n) is 18.2. The molecule has 0 unspecified atom stereocenters. The second kappa shape index (κ2) is 10.8. The molecule has 2 N–H and O–H groups in total. The lowest BCUT2D eigenvalue weighted by atomic mass is 10.1. The standard InChI is InChI=1S/C24H23FN4O3.ClH/c1-15-10-18(25)20(12-21(15)30)29-24-17-11-22(31-2)23(13-19(17)27-14-28-24)32-9-3-4-16-5-7-26-8-6-16;/h5-8,10-14,30H,3-4,9H2,1-2H3,(H,27,28,29);1H. The lowest BCUT2D eigenvalue weighted by molar-refractivity contribution is 0.290. The monoisotopic (exact) mass is 470 g/mol. The third-order valence-electron chi connectivity index (χ3n) is 5.08. The van der Waals surface area contributed by atoms with Gasteiger partial charge in [-0.3, -0.25) is 4.98 Å². The van der Waals surface area contributed by atoms with Gasteiger partial charge in [-0.1, -0.05) is 0 Å². The quantitative estimate of drug-likeness (QED) is 0.335. The van der Waals surface area contributed by atoms with E-state index in [4.69, 9.17) is 9.47 Å². The lowest BCUT2D eigenvalue weighted by Gasteiger charge is -2.14. The Hall–Kier alpha value is -3.65. The normalized spacial score (nSPS) is 10.5. The summed E-state index contributed by atoms with van der Waals surface area (Å²) in [6.07, 6.45) is 6.65. The molecule has 172 valence electrons. The number of phenolic OH excluding ortho intramolecular Hbond substituents is 1. The van der Waals surface area contributed by atoms with Gasteiger partial charge in [-0.05, 0) is 55.2 Å². The molecular weight excluding hydrogens is 447 g/mol. The number of ether oxygens (including phenoxy) is 2. The minimum atomic E-state index is -0.492. The largest absolute Gasteiger partial charge is 0.508 e. The summed E-state index contributed by atoms with van der Waals surface area (Å²) < 4.78 is 25.8. The van der Waals surface area contributed by atoms with Crippen molar-refractivity contribution in [1.29, 1.82) is 0 Å². The Morgan fingerprint density at radius 3 is 2.61 bits per heavy atom. The van der Waals surface area contributed by atoms with Gasteiger partial charge in [0.05, 0.1) is 24.9 Å². The third-order valence-corrected chi connectivity index (χ3v) is 5.08. The number of phenols is 1. The van der Waals surface area contributed by atoms with E-state index in [0.717, 1.165) is 12.8 Å². The number of pyridine rings is 1. The molecule has 2 heterocycles. The Bertz CT molecular complexity index is 1240. The van der Waals surface area contributed by atoms with Gasteiger partial charge >= 0.3 is 0 Å². The summed E-state index contributed by atoms with van der Waals surface area (Å²) in [6, 6.07) is 10.1. The van der Waals surface area contributed by atoms with Crippen molar-refractivity contribution in [2.45, 2.75) is 19.8 Å². The molecule has 0 aliphatic heterocycles. The molecule has 0 fully saturated rings. The van der Waals surface area contributed by atoms with Crippen LogP contribution in [0, 0.1) is 12.7 Å². The van der Waals surface area contributed by atoms with Gasteiger partial charge in [-0.2, -0.15) is 0 Å². The molecule has 0 spiro atoms. The Balaban J connectivity index is 0.00000306. The first-order chi connectivity index (χ1) is 15.5. The molecule has 4 aromatic rings. The van der Waals surface area contributed by atoms with E-state index in [0.29, 0.717) is 40.4 Å². The van der Waals surface area contributed by atoms with Crippen LogP contribution in [0.2, 0.25) is 0 Å². The first-order valence-corrected chi connectivity index (χ1v) is 10.2. The predicted octanol–water partition coefficient (Wildman–Crippen LogP) is 5.36. The highest BCUT2D eigenvalue weighted by molar-refractivity contribution is 5.93. The Morgan fingerprint density at radius 1 is 1.06 bits per heavy atom. The number of hydrogen-bond acceptors (Lipinski definition) is 7. The summed E-state index contributed by atoms with van der Waals surface area (Å²) in [6.45, 7) is 2.14. The SMILES string of the molecule is COc1cc2c(Nc3cc(O)c(C)cc3F)ncnc2cc1OCCCc1ccncc1.Cl. The maximum absolute atomic E-state index is 14.4. The summed E-state index contributed by atoms with van der Waals surface area (Å²) in [4.78, 5) is 12.6. The van der Waals surface area contributed by atoms with E-state index in [1.165, 1.54) is 24.0 Å². The fourth-order valence-corrected chi connectivity index (χ4v) is 3.33. The van der Waals surface area contributed by atoms with Gasteiger partial charge in [-0.25, -0.2) is 14.4 Å². The molecule has 0 radical (unpaired) electrons. The number of methoxy groups -OCH3 is 1. The number of hydrogen-bond donors (Lipinski definition) is 2. The number of anilines is 2. The minimum absolute atomic E-state index is 0. The average molecular weight is 471 g/mol. The molecule has 9 heteroatoms. The molecule has 0 bridgehead atoms. The van der Waals surface area contributed by atoms with Crippen LogP contribution in [0.4, 0.5) is 15.9 Å². The number of rotatable bonds is 8. The van der Waals surface area contributed by atoms with Crippen molar-refractivity contribution >= 4 is 34.8 Å². The van der Waals surface area contributed by atoms with Gasteiger partial charge < -0.3 is 19.9 Å². The summed E-state index contributed by atoms with van der Waals surface area (Å²) in [5.74, 6) is 0.977. The molecule has 4 rings (SSSR count). The first-order valence-electron chi connectivity index (χ1n) is 10.2. The maximum Gasteiger partial charge on any atom is 0.163 e. The zero-order valence-corrected chi connectivity index (χ0v) is 19.0. The molecule has 0 amide bonds. The van der Waals surface area contributed by atoms with Crippen LogP contribution in [-0.2, 0) is 6.42 Å². The highest BCUT2D eigenvalue weighted by Crippen LogP contribution is 2.35. The van der Waals surface area contributed by atoms with E-state index in [2.05, 4.69) is 20.3 Å². The summed E-state index contributed by atoms with van der Waals surface area (Å²) in [5.41, 5.74) is 2.38. The van der Waals surface area contributed by atoms with Crippen molar-refractivity contribution in [2.75, 3.05) is 19.0 Å². The molecule has 7 nitrogen and oxygen atoms in total. The van der Waals surface area contributed by atoms with Gasteiger partial charge in [0.15, 0.2) is 11.5 Å². The molecule has 0 saturated carbocycles. The highest BCUT2D eigenvalue weighted by Gasteiger charge is 2.14. The number of benzene rings is 2. The van der Waals surface area contributed by atoms with Gasteiger partial charge in [0.25, 0.3) is 0 Å². The van der Waals surface area contributed by atoms with Crippen molar-refractivity contribution in [3.63, 3.8) is 0 Å². The number of aromatic hydroxyl groups is 1. The van der Waals surface area contributed by atoms with Crippen molar-refractivity contribution in [2.24, 2.45) is 0 Å². The number of nitrogens with zero attached hydrogens (tertiary/aromatic N) is 3.